The molecule has 0 spiro atoms. The molecular weight excluding hydrogens is 1060 g/mol. The molecule has 7 aromatic rings. The fraction of sp³-hybridized carbons (Fsp3) is 0.383. The number of aliphatic hydroxyl groups excluding tert-OH is 2. The number of likely N-dealkylation sites (N-methyl/N-ethyl adjacent to an activating group) is 1. The van der Waals surface area contributed by atoms with Gasteiger partial charge in [0.25, 0.3) is 0 Å². The van der Waals surface area contributed by atoms with E-state index in [1.54, 1.807) is 24.3 Å². The van der Waals surface area contributed by atoms with Crippen molar-refractivity contribution in [3.8, 4) is 28.4 Å². The van der Waals surface area contributed by atoms with Crippen molar-refractivity contribution in [2.45, 2.75) is 69.4 Å². The van der Waals surface area contributed by atoms with Gasteiger partial charge in [0.2, 0.25) is 11.7 Å². The number of aliphatic hydroxyl groups is 3. The SMILES string of the molecule is CCN1CCN(CC(=O)Nc2ccc(-c3cccc4c(=O)cc(N5CCOCC5)oc34)c3sc4ccccc4c23)CC1.COc1cccc2c1C(=O)c1c(O)c3c(c(O)c1C2=O)C[C@@](O)(C(=O)CO)C[C@@H]3O[C@H]1C[C@H](N)[C@H](O)[C@H](C)O1. The zero-order valence-corrected chi connectivity index (χ0v) is 45.8. The number of morpholine rings is 1. The van der Waals surface area contributed by atoms with Crippen LogP contribution in [-0.4, -0.2) is 168 Å². The summed E-state index contributed by atoms with van der Waals surface area (Å²) in [4.78, 5) is 72.9. The van der Waals surface area contributed by atoms with Gasteiger partial charge in [0.15, 0.2) is 29.2 Å². The summed E-state index contributed by atoms with van der Waals surface area (Å²) in [5.74, 6) is -3.21. The quantitative estimate of drug-likeness (QED) is 0.0815. The standard InChI is InChI=1S/C33H34N4O4S.C27H29NO11/c1-2-35-12-14-36(15-13-35)21-29(39)34-26-11-10-23(33-31(26)25-6-3-4-9-28(25)42-33)22-7-5-8-24-27(38)20-30(41-32(22)24)37-16-18-40-19-17-37;1-10-22(31)13(28)6-17(38-10)39-15-8-27(36,16(30)9-29)7-12-19(15)26(35)21-20(24(12)33)23(32)11-4-3-5-14(37-2)18(11)25(21)34/h3-11,20H,2,12-19,21H2,1H3,(H,34,39);3-5,10,13,15,17,22,29,31,33,35-36H,6-9,28H2,1-2H3/t;10-,13-,15-,17-,22+,27-/m.0/s1. The van der Waals surface area contributed by atoms with E-state index in [1.165, 1.54) is 25.3 Å². The van der Waals surface area contributed by atoms with Crippen LogP contribution in [-0.2, 0) is 30.2 Å². The molecule has 2 aromatic heterocycles. The minimum atomic E-state index is -2.24. The van der Waals surface area contributed by atoms with Gasteiger partial charge in [0, 0.05) is 119 Å². The summed E-state index contributed by atoms with van der Waals surface area (Å²) in [5, 5.41) is 59.6. The molecule has 0 radical (unpaired) electrons. The number of para-hydroxylation sites is 1. The van der Waals surface area contributed by atoms with Crippen LogP contribution in [0.4, 0.5) is 11.6 Å². The van der Waals surface area contributed by atoms with Crippen LogP contribution in [0.3, 0.4) is 0 Å². The van der Waals surface area contributed by atoms with E-state index in [1.807, 2.05) is 42.5 Å². The number of rotatable bonds is 11. The molecular formula is C60H63N5O15S. The summed E-state index contributed by atoms with van der Waals surface area (Å²) in [6.07, 6.45) is -5.12. The maximum atomic E-state index is 13.6. The second kappa shape index (κ2) is 22.7. The predicted octanol–water partition coefficient (Wildman–Crippen LogP) is 5.24. The molecule has 3 aliphatic heterocycles. The monoisotopic (exact) mass is 1130 g/mol. The minimum absolute atomic E-state index is 0.00408. The highest BCUT2D eigenvalue weighted by Crippen LogP contribution is 2.53. The Morgan fingerprint density at radius 2 is 1.56 bits per heavy atom. The van der Waals surface area contributed by atoms with Gasteiger partial charge in [-0.15, -0.1) is 11.3 Å². The zero-order chi connectivity index (χ0) is 57.0. The van der Waals surface area contributed by atoms with Crippen LogP contribution in [0.25, 0.3) is 42.3 Å². The molecule has 81 heavy (non-hydrogen) atoms. The third-order valence-electron chi connectivity index (χ3n) is 16.2. The van der Waals surface area contributed by atoms with Crippen molar-refractivity contribution in [1.82, 2.24) is 9.80 Å². The van der Waals surface area contributed by atoms with E-state index < -0.39 is 95.7 Å². The molecule has 12 rings (SSSR count). The first-order valence-electron chi connectivity index (χ1n) is 27.1. The number of nitrogens with two attached hydrogens (primary N) is 1. The Labute approximate surface area is 468 Å². The number of phenols is 2. The molecule has 3 fully saturated rings. The first-order valence-corrected chi connectivity index (χ1v) is 27.9. The third kappa shape index (κ3) is 10.3. The van der Waals surface area contributed by atoms with Gasteiger partial charge in [0.1, 0.15) is 35.0 Å². The van der Waals surface area contributed by atoms with Gasteiger partial charge in [-0.05, 0) is 37.7 Å². The normalized spacial score (nSPS) is 23.1. The van der Waals surface area contributed by atoms with Crippen LogP contribution < -0.4 is 26.1 Å². The Balaban J connectivity index is 0.000000171. The van der Waals surface area contributed by atoms with Crippen molar-refractivity contribution in [2.75, 3.05) is 89.5 Å². The number of nitrogens with one attached hydrogen (secondary N) is 1. The van der Waals surface area contributed by atoms with E-state index in [0.29, 0.717) is 49.7 Å². The molecule has 1 amide bonds. The zero-order valence-electron chi connectivity index (χ0n) is 44.9. The van der Waals surface area contributed by atoms with Crippen molar-refractivity contribution in [3.63, 3.8) is 0 Å². The molecule has 21 heteroatoms. The van der Waals surface area contributed by atoms with Crippen LogP contribution in [0.5, 0.6) is 17.2 Å². The maximum absolute atomic E-state index is 13.6. The van der Waals surface area contributed by atoms with Crippen molar-refractivity contribution >= 4 is 77.3 Å². The van der Waals surface area contributed by atoms with Crippen molar-refractivity contribution in [1.29, 1.82) is 0 Å². The van der Waals surface area contributed by atoms with E-state index in [9.17, 15) is 49.5 Å². The summed E-state index contributed by atoms with van der Waals surface area (Å²) < 4.78 is 31.2. The van der Waals surface area contributed by atoms with E-state index in [2.05, 4.69) is 39.1 Å². The molecule has 3 saturated heterocycles. The molecule has 5 aliphatic rings. The number of carbonyl (C=O) groups is 4. The summed E-state index contributed by atoms with van der Waals surface area (Å²) in [5.41, 5.74) is 5.54. The fourth-order valence-corrected chi connectivity index (χ4v) is 13.1. The number of fused-ring (bicyclic) bond motifs is 7. The number of carbonyl (C=O) groups excluding carboxylic acids is 4. The summed E-state index contributed by atoms with van der Waals surface area (Å²) in [6, 6.07) is 23.3. The first-order chi connectivity index (χ1) is 39.0. The molecule has 6 atom stereocenters. The average Bonchev–Trinajstić information content (AvgIpc) is 3.02. The average molecular weight is 1130 g/mol. The Bertz CT molecular complexity index is 3690. The number of Topliss-reactive ketones (excluding diaryl/α,β-unsaturated/α-hetero) is 1. The molecule has 0 unspecified atom stereocenters. The number of anilines is 2. The van der Waals surface area contributed by atoms with Gasteiger partial charge in [-0.2, -0.15) is 0 Å². The Hall–Kier alpha value is -7.15. The van der Waals surface area contributed by atoms with Gasteiger partial charge in [-0.3, -0.25) is 28.9 Å². The third-order valence-corrected chi connectivity index (χ3v) is 17.4. The smallest absolute Gasteiger partial charge is 0.238 e. The fourth-order valence-electron chi connectivity index (χ4n) is 11.9. The second-order valence-electron chi connectivity index (χ2n) is 21.1. The van der Waals surface area contributed by atoms with Gasteiger partial charge in [-0.25, -0.2) is 0 Å². The van der Waals surface area contributed by atoms with Crippen LogP contribution >= 0.6 is 11.3 Å². The van der Waals surface area contributed by atoms with Crippen molar-refractivity contribution < 1.29 is 68.1 Å². The number of ketones is 3. The lowest BCUT2D eigenvalue weighted by atomic mass is 9.72. The molecule has 5 heterocycles. The number of ether oxygens (including phenoxy) is 4. The van der Waals surface area contributed by atoms with E-state index in [4.69, 9.17) is 29.1 Å². The highest BCUT2D eigenvalue weighted by Gasteiger charge is 2.50. The lowest BCUT2D eigenvalue weighted by Crippen LogP contribution is -2.53. The van der Waals surface area contributed by atoms with Crippen molar-refractivity contribution in [3.05, 3.63) is 122 Å². The highest BCUT2D eigenvalue weighted by atomic mass is 32.1. The number of methoxy groups -OCH3 is 1. The Morgan fingerprint density at radius 3 is 2.28 bits per heavy atom. The Morgan fingerprint density at radius 1 is 0.852 bits per heavy atom. The Kier molecular flexibility index (Phi) is 15.6. The largest absolute Gasteiger partial charge is 0.507 e. The number of nitrogens with zero attached hydrogens (tertiary/aromatic N) is 3. The highest BCUT2D eigenvalue weighted by molar-refractivity contribution is 7.26. The van der Waals surface area contributed by atoms with Crippen LogP contribution in [0.1, 0.15) is 75.8 Å². The lowest BCUT2D eigenvalue weighted by Gasteiger charge is -2.42. The molecule has 0 saturated carbocycles. The van der Waals surface area contributed by atoms with Gasteiger partial charge < -0.3 is 69.7 Å². The molecule has 0 bridgehead atoms. The number of hydrogen-bond donors (Lipinski definition) is 7. The van der Waals surface area contributed by atoms with Crippen molar-refractivity contribution in [2.24, 2.45) is 5.73 Å². The predicted molar refractivity (Wildman–Crippen MR) is 303 cm³/mol. The summed E-state index contributed by atoms with van der Waals surface area (Å²) >= 11 is 1.69. The number of amides is 1. The summed E-state index contributed by atoms with van der Waals surface area (Å²) in [6.45, 7) is 10.5. The maximum Gasteiger partial charge on any atom is 0.238 e. The molecule has 8 N–H and O–H groups in total. The van der Waals surface area contributed by atoms with Gasteiger partial charge in [0.05, 0.1) is 72.9 Å². The molecule has 20 nitrogen and oxygen atoms in total. The molecule has 2 aliphatic carbocycles. The van der Waals surface area contributed by atoms with Crippen LogP contribution in [0.2, 0.25) is 0 Å². The number of hydrogen-bond acceptors (Lipinski definition) is 20. The first kappa shape index (κ1) is 55.7. The van der Waals surface area contributed by atoms with Crippen LogP contribution in [0.15, 0.2) is 88.1 Å². The number of thiophene rings is 1. The topological polar surface area (TPSA) is 284 Å². The molecule has 424 valence electrons. The minimum Gasteiger partial charge on any atom is -0.507 e. The van der Waals surface area contributed by atoms with Gasteiger partial charge in [-0.1, -0.05) is 55.5 Å². The second-order valence-corrected chi connectivity index (χ2v) is 22.2. The molecule has 5 aromatic carbocycles. The lowest BCUT2D eigenvalue weighted by molar-refractivity contribution is -0.247. The number of phenolic OH excluding ortho intramolecular Hbond substituents is 2. The van der Waals surface area contributed by atoms with Crippen LogP contribution in [0, 0.1) is 0 Å². The van der Waals surface area contributed by atoms with E-state index in [-0.39, 0.29) is 45.8 Å². The van der Waals surface area contributed by atoms with E-state index >= 15 is 0 Å². The van der Waals surface area contributed by atoms with E-state index in [0.717, 1.165) is 69.7 Å². The number of piperazine rings is 1. The summed E-state index contributed by atoms with van der Waals surface area (Å²) in [7, 11) is 1.32. The number of aromatic hydroxyl groups is 2. The number of benzene rings is 5. The van der Waals surface area contributed by atoms with Gasteiger partial charge >= 0.3 is 0 Å².